The first kappa shape index (κ1) is 33.5. The fourth-order valence-electron chi connectivity index (χ4n) is 4.27. The van der Waals surface area contributed by atoms with Crippen molar-refractivity contribution in [3.05, 3.63) is 59.8 Å². The van der Waals surface area contributed by atoms with Gasteiger partial charge in [0, 0.05) is 25.6 Å². The molecule has 0 amide bonds. The number of morpholine rings is 1. The smallest absolute Gasteiger partial charge is 0.475 e. The lowest BCUT2D eigenvalue weighted by Crippen LogP contribution is -2.36. The lowest BCUT2D eigenvalue weighted by molar-refractivity contribution is -0.193. The number of benzene rings is 1. The average Bonchev–Trinajstić information content (AvgIpc) is 3.38. The Morgan fingerprint density at radius 2 is 1.40 bits per heavy atom. The van der Waals surface area contributed by atoms with E-state index in [1.165, 1.54) is 17.8 Å². The van der Waals surface area contributed by atoms with E-state index in [0.29, 0.717) is 5.92 Å². The third kappa shape index (κ3) is 10.3. The van der Waals surface area contributed by atoms with Gasteiger partial charge in [-0.15, -0.1) is 0 Å². The first-order valence-electron chi connectivity index (χ1n) is 12.9. The topological polar surface area (TPSA) is 121 Å². The number of fused-ring (bicyclic) bond motifs is 1. The van der Waals surface area contributed by atoms with Crippen LogP contribution in [0.1, 0.15) is 30.1 Å². The molecular formula is C26H28F7N5O5. The molecule has 2 fully saturated rings. The number of ether oxygens (including phenoxy) is 1. The number of aliphatic carboxylic acids is 2. The molecular weight excluding hydrogens is 595 g/mol. The molecule has 2 aromatic heterocycles. The number of likely N-dealkylation sites (tertiary alicyclic amines) is 1. The summed E-state index contributed by atoms with van der Waals surface area (Å²) in [7, 11) is 0. The van der Waals surface area contributed by atoms with Gasteiger partial charge in [0.15, 0.2) is 11.5 Å². The van der Waals surface area contributed by atoms with Gasteiger partial charge in [0.1, 0.15) is 5.82 Å². The van der Waals surface area contributed by atoms with Gasteiger partial charge in [-0.2, -0.15) is 31.4 Å². The molecule has 0 radical (unpaired) electrons. The summed E-state index contributed by atoms with van der Waals surface area (Å²) >= 11 is 0. The summed E-state index contributed by atoms with van der Waals surface area (Å²) in [6.07, 6.45) is -5.98. The summed E-state index contributed by atoms with van der Waals surface area (Å²) in [4.78, 5) is 27.3. The summed E-state index contributed by atoms with van der Waals surface area (Å²) in [5, 5.41) is 19.0. The molecule has 0 atom stereocenters. The standard InChI is InChI=1S/C22H26FN5O.2C2HF3O2/c23-19-3-1-17(2-4-19)15-26-9-7-18(8-10-26)22-24-21-6-5-20(16-28(21)25-22)27-11-13-29-14-12-27;2*3-2(4,5)1(6)7/h1-6,16,18H,7-15H2;2*(H,6,7). The number of rotatable bonds is 4. The SMILES string of the molecule is Fc1ccc(CN2CCC(c3nc4ccc(N5CCOCC5)cn4n3)CC2)cc1.O=C(O)C(F)(F)F.O=C(O)C(F)(F)F. The summed E-state index contributed by atoms with van der Waals surface area (Å²) < 4.78 is 83.9. The Labute approximate surface area is 240 Å². The van der Waals surface area contributed by atoms with Crippen molar-refractivity contribution >= 4 is 23.3 Å². The number of carbonyl (C=O) groups is 2. The average molecular weight is 624 g/mol. The molecule has 0 unspecified atom stereocenters. The fourth-order valence-corrected chi connectivity index (χ4v) is 4.27. The Balaban J connectivity index is 0.000000303. The number of piperidine rings is 1. The molecule has 236 valence electrons. The highest BCUT2D eigenvalue weighted by Gasteiger charge is 2.38. The van der Waals surface area contributed by atoms with Crippen LogP contribution in [0.2, 0.25) is 0 Å². The number of carboxylic acids is 2. The second kappa shape index (κ2) is 14.5. The van der Waals surface area contributed by atoms with Crippen molar-refractivity contribution in [2.75, 3.05) is 44.3 Å². The minimum absolute atomic E-state index is 0.179. The van der Waals surface area contributed by atoms with Crippen molar-refractivity contribution < 1.29 is 55.3 Å². The molecule has 10 nitrogen and oxygen atoms in total. The summed E-state index contributed by atoms with van der Waals surface area (Å²) in [6.45, 7) is 6.27. The molecule has 43 heavy (non-hydrogen) atoms. The van der Waals surface area contributed by atoms with Crippen molar-refractivity contribution in [3.8, 4) is 0 Å². The summed E-state index contributed by atoms with van der Waals surface area (Å²) in [6, 6.07) is 11.0. The molecule has 0 bridgehead atoms. The van der Waals surface area contributed by atoms with Crippen LogP contribution in [0.25, 0.3) is 5.65 Å². The van der Waals surface area contributed by atoms with Gasteiger partial charge >= 0.3 is 24.3 Å². The van der Waals surface area contributed by atoms with Gasteiger partial charge in [-0.1, -0.05) is 12.1 Å². The van der Waals surface area contributed by atoms with Crippen LogP contribution < -0.4 is 4.90 Å². The fraction of sp³-hybridized carbons (Fsp3) is 0.462. The quantitative estimate of drug-likeness (QED) is 0.409. The zero-order chi connectivity index (χ0) is 31.8. The lowest BCUT2D eigenvalue weighted by atomic mass is 9.96. The minimum Gasteiger partial charge on any atom is -0.475 e. The predicted octanol–water partition coefficient (Wildman–Crippen LogP) is 4.35. The minimum atomic E-state index is -5.08. The summed E-state index contributed by atoms with van der Waals surface area (Å²) in [5.41, 5.74) is 3.24. The number of anilines is 1. The molecule has 3 aromatic rings. The van der Waals surface area contributed by atoms with E-state index in [1.54, 1.807) is 0 Å². The Morgan fingerprint density at radius 3 is 1.91 bits per heavy atom. The van der Waals surface area contributed by atoms with Crippen molar-refractivity contribution in [1.29, 1.82) is 0 Å². The van der Waals surface area contributed by atoms with E-state index in [4.69, 9.17) is 34.6 Å². The van der Waals surface area contributed by atoms with Crippen LogP contribution >= 0.6 is 0 Å². The van der Waals surface area contributed by atoms with Crippen LogP contribution in [-0.2, 0) is 20.9 Å². The van der Waals surface area contributed by atoms with Gasteiger partial charge in [0.25, 0.3) is 0 Å². The van der Waals surface area contributed by atoms with Gasteiger partial charge in [-0.05, 0) is 55.8 Å². The first-order valence-corrected chi connectivity index (χ1v) is 12.9. The van der Waals surface area contributed by atoms with Crippen LogP contribution in [0.4, 0.5) is 36.4 Å². The molecule has 2 N–H and O–H groups in total. The second-order valence-corrected chi connectivity index (χ2v) is 9.54. The molecule has 1 aromatic carbocycles. The molecule has 0 aliphatic carbocycles. The normalized spacial score (nSPS) is 16.6. The Morgan fingerprint density at radius 1 is 0.860 bits per heavy atom. The van der Waals surface area contributed by atoms with E-state index < -0.39 is 24.3 Å². The maximum atomic E-state index is 13.1. The second-order valence-electron chi connectivity index (χ2n) is 9.54. The van der Waals surface area contributed by atoms with E-state index in [0.717, 1.165) is 75.8 Å². The maximum Gasteiger partial charge on any atom is 0.490 e. The van der Waals surface area contributed by atoms with Crippen molar-refractivity contribution in [2.45, 2.75) is 37.7 Å². The number of halogens is 7. The number of alkyl halides is 6. The predicted molar refractivity (Wildman–Crippen MR) is 137 cm³/mol. The van der Waals surface area contributed by atoms with Crippen LogP contribution in [0.3, 0.4) is 0 Å². The van der Waals surface area contributed by atoms with Crippen molar-refractivity contribution in [2.24, 2.45) is 0 Å². The van der Waals surface area contributed by atoms with E-state index >= 15 is 0 Å². The highest BCUT2D eigenvalue weighted by molar-refractivity contribution is 5.73. The molecule has 2 saturated heterocycles. The van der Waals surface area contributed by atoms with Crippen LogP contribution in [-0.4, -0.2) is 93.4 Å². The number of hydrogen-bond donors (Lipinski definition) is 2. The first-order chi connectivity index (χ1) is 20.1. The van der Waals surface area contributed by atoms with Gasteiger partial charge in [-0.25, -0.2) is 23.5 Å². The van der Waals surface area contributed by atoms with E-state index in [9.17, 15) is 30.7 Å². The molecule has 0 spiro atoms. The van der Waals surface area contributed by atoms with Crippen LogP contribution in [0, 0.1) is 5.82 Å². The number of aromatic nitrogens is 3. The Hall–Kier alpha value is -3.99. The Bertz CT molecular complexity index is 1330. The largest absolute Gasteiger partial charge is 0.490 e. The number of carboxylic acid groups (broad SMARTS) is 2. The zero-order valence-corrected chi connectivity index (χ0v) is 22.5. The van der Waals surface area contributed by atoms with Crippen molar-refractivity contribution in [3.63, 3.8) is 0 Å². The van der Waals surface area contributed by atoms with E-state index in [1.807, 2.05) is 16.6 Å². The molecule has 0 saturated carbocycles. The third-order valence-electron chi connectivity index (χ3n) is 6.47. The number of nitrogens with zero attached hydrogens (tertiary/aromatic N) is 5. The number of pyridine rings is 1. The van der Waals surface area contributed by atoms with Gasteiger partial charge in [0.05, 0.1) is 25.1 Å². The van der Waals surface area contributed by atoms with Gasteiger partial charge < -0.3 is 19.8 Å². The lowest BCUT2D eigenvalue weighted by Gasteiger charge is -2.30. The monoisotopic (exact) mass is 623 g/mol. The van der Waals surface area contributed by atoms with Gasteiger partial charge in [0.2, 0.25) is 0 Å². The van der Waals surface area contributed by atoms with Crippen molar-refractivity contribution in [1.82, 2.24) is 19.5 Å². The molecule has 17 heteroatoms. The van der Waals surface area contributed by atoms with E-state index in [2.05, 4.69) is 28.1 Å². The molecule has 4 heterocycles. The molecule has 5 rings (SSSR count). The molecule has 2 aliphatic heterocycles. The Kier molecular flexibility index (Phi) is 11.3. The maximum absolute atomic E-state index is 13.1. The van der Waals surface area contributed by atoms with Crippen LogP contribution in [0.15, 0.2) is 42.6 Å². The molecule has 2 aliphatic rings. The van der Waals surface area contributed by atoms with Gasteiger partial charge in [-0.3, -0.25) is 4.90 Å². The highest BCUT2D eigenvalue weighted by atomic mass is 19.4. The zero-order valence-electron chi connectivity index (χ0n) is 22.5. The number of hydrogen-bond acceptors (Lipinski definition) is 7. The summed E-state index contributed by atoms with van der Waals surface area (Å²) in [5.74, 6) is -4.35. The third-order valence-corrected chi connectivity index (χ3v) is 6.47. The van der Waals surface area contributed by atoms with Crippen LogP contribution in [0.5, 0.6) is 0 Å². The van der Waals surface area contributed by atoms with E-state index in [-0.39, 0.29) is 5.82 Å². The highest BCUT2D eigenvalue weighted by Crippen LogP contribution is 2.27.